The Balaban J connectivity index is 1.67. The predicted octanol–water partition coefficient (Wildman–Crippen LogP) is 1.21. The Morgan fingerprint density at radius 1 is 1.17 bits per heavy atom. The summed E-state index contributed by atoms with van der Waals surface area (Å²) in [6, 6.07) is 7.14. The van der Waals surface area contributed by atoms with Crippen LogP contribution in [0.4, 0.5) is 0 Å². The molecule has 0 atom stereocenters. The van der Waals surface area contributed by atoms with E-state index in [1.807, 2.05) is 6.92 Å². The zero-order chi connectivity index (χ0) is 21.1. The van der Waals surface area contributed by atoms with Crippen molar-refractivity contribution in [1.82, 2.24) is 40.4 Å². The summed E-state index contributed by atoms with van der Waals surface area (Å²) in [7, 11) is 1.78. The van der Waals surface area contributed by atoms with Crippen LogP contribution in [-0.4, -0.2) is 54.2 Å². The highest BCUT2D eigenvalue weighted by atomic mass is 16.2. The molecule has 10 nitrogen and oxygen atoms in total. The Kier molecular flexibility index (Phi) is 5.38. The Morgan fingerprint density at radius 2 is 1.93 bits per heavy atom. The molecule has 4 rings (SSSR count). The summed E-state index contributed by atoms with van der Waals surface area (Å²) >= 11 is 0. The number of hydrogen-bond acceptors (Lipinski definition) is 6. The van der Waals surface area contributed by atoms with Crippen LogP contribution in [0.5, 0.6) is 0 Å². The average Bonchev–Trinajstić information content (AvgIpc) is 3.29. The largest absolute Gasteiger partial charge is 0.352 e. The summed E-state index contributed by atoms with van der Waals surface area (Å²) in [6.45, 7) is 2.42. The number of nitrogens with zero attached hydrogens (tertiary/aromatic N) is 6. The highest BCUT2D eigenvalue weighted by Gasteiger charge is 2.27. The third-order valence-corrected chi connectivity index (χ3v) is 4.55. The molecule has 0 bridgehead atoms. The topological polar surface area (TPSA) is 120 Å². The molecule has 0 radical (unpaired) electrons. The molecule has 1 saturated carbocycles. The van der Waals surface area contributed by atoms with Gasteiger partial charge in [0.25, 0.3) is 11.8 Å². The number of nitrogens with one attached hydrogen (secondary N) is 2. The van der Waals surface area contributed by atoms with Crippen LogP contribution in [0.15, 0.2) is 30.6 Å². The first-order valence-electron chi connectivity index (χ1n) is 9.74. The Hall–Kier alpha value is -3.82. The number of amides is 2. The molecule has 30 heavy (non-hydrogen) atoms. The zero-order valence-electron chi connectivity index (χ0n) is 16.7. The second-order valence-electron chi connectivity index (χ2n) is 7.00. The highest BCUT2D eigenvalue weighted by molar-refractivity contribution is 5.96. The van der Waals surface area contributed by atoms with E-state index in [9.17, 15) is 9.59 Å². The minimum Gasteiger partial charge on any atom is -0.352 e. The van der Waals surface area contributed by atoms with Crippen molar-refractivity contribution in [3.05, 3.63) is 53.4 Å². The van der Waals surface area contributed by atoms with Crippen LogP contribution >= 0.6 is 0 Å². The summed E-state index contributed by atoms with van der Waals surface area (Å²) in [5.74, 6) is 0.0928. The van der Waals surface area contributed by atoms with Crippen molar-refractivity contribution < 1.29 is 9.59 Å². The van der Waals surface area contributed by atoms with Gasteiger partial charge in [-0.15, -0.1) is 5.10 Å². The quantitative estimate of drug-likeness (QED) is 0.609. The van der Waals surface area contributed by atoms with E-state index in [1.165, 1.54) is 0 Å². The van der Waals surface area contributed by atoms with Crippen molar-refractivity contribution in [1.29, 1.82) is 0 Å². The van der Waals surface area contributed by atoms with Gasteiger partial charge < -0.3 is 10.6 Å². The second kappa shape index (κ2) is 8.27. The lowest BCUT2D eigenvalue weighted by Gasteiger charge is -2.07. The molecule has 0 saturated heterocycles. The molecule has 0 unspecified atom stereocenters. The first kappa shape index (κ1) is 19.5. The van der Waals surface area contributed by atoms with E-state index in [0.717, 1.165) is 12.8 Å². The molecule has 1 aromatic carbocycles. The Bertz CT molecular complexity index is 1090. The molecule has 2 N–H and O–H groups in total. The number of aromatic nitrogens is 6. The maximum Gasteiger partial charge on any atom is 0.274 e. The SMILES string of the molecule is CCNC(=O)c1ccc(-n2nnc(C(=O)NC3CC3)c2C=Cc2ncn(C)n2)cc1. The lowest BCUT2D eigenvalue weighted by Crippen LogP contribution is -2.26. The van der Waals surface area contributed by atoms with Gasteiger partial charge in [0.15, 0.2) is 11.5 Å². The van der Waals surface area contributed by atoms with Gasteiger partial charge in [-0.2, -0.15) is 5.10 Å². The van der Waals surface area contributed by atoms with Gasteiger partial charge >= 0.3 is 0 Å². The van der Waals surface area contributed by atoms with Gasteiger partial charge in [-0.05, 0) is 56.2 Å². The number of carbonyl (C=O) groups excluding carboxylic acids is 2. The molecule has 10 heteroatoms. The first-order chi connectivity index (χ1) is 14.5. The van der Waals surface area contributed by atoms with Crippen molar-refractivity contribution in [2.75, 3.05) is 6.54 Å². The van der Waals surface area contributed by atoms with Crippen molar-refractivity contribution in [3.8, 4) is 5.69 Å². The second-order valence-corrected chi connectivity index (χ2v) is 7.00. The van der Waals surface area contributed by atoms with Crippen molar-refractivity contribution in [3.63, 3.8) is 0 Å². The molecule has 3 aromatic rings. The fourth-order valence-corrected chi connectivity index (χ4v) is 2.88. The van der Waals surface area contributed by atoms with Gasteiger partial charge in [-0.25, -0.2) is 9.67 Å². The van der Waals surface area contributed by atoms with Crippen molar-refractivity contribution >= 4 is 24.0 Å². The molecule has 1 aliphatic rings. The number of carbonyl (C=O) groups is 2. The van der Waals surface area contributed by atoms with Gasteiger partial charge in [0, 0.05) is 25.2 Å². The third kappa shape index (κ3) is 4.27. The lowest BCUT2D eigenvalue weighted by atomic mass is 10.2. The van der Waals surface area contributed by atoms with Gasteiger partial charge in [-0.3, -0.25) is 14.3 Å². The van der Waals surface area contributed by atoms with E-state index >= 15 is 0 Å². The monoisotopic (exact) mass is 406 g/mol. The minimum absolute atomic E-state index is 0.145. The summed E-state index contributed by atoms with van der Waals surface area (Å²) in [5.41, 5.74) is 1.95. The maximum atomic E-state index is 12.6. The summed E-state index contributed by atoms with van der Waals surface area (Å²) in [6.07, 6.45) is 6.96. The van der Waals surface area contributed by atoms with Crippen LogP contribution in [-0.2, 0) is 7.05 Å². The van der Waals surface area contributed by atoms with E-state index in [4.69, 9.17) is 0 Å². The normalized spacial score (nSPS) is 13.5. The summed E-state index contributed by atoms with van der Waals surface area (Å²) in [4.78, 5) is 28.8. The molecular formula is C20H22N8O2. The average molecular weight is 406 g/mol. The molecular weight excluding hydrogens is 384 g/mol. The highest BCUT2D eigenvalue weighted by Crippen LogP contribution is 2.21. The smallest absolute Gasteiger partial charge is 0.274 e. The molecule has 1 aliphatic carbocycles. The van der Waals surface area contributed by atoms with Crippen LogP contribution in [0.2, 0.25) is 0 Å². The van der Waals surface area contributed by atoms with Crippen LogP contribution in [0.3, 0.4) is 0 Å². The third-order valence-electron chi connectivity index (χ3n) is 4.55. The maximum absolute atomic E-state index is 12.6. The molecule has 2 aromatic heterocycles. The van der Waals surface area contributed by atoms with Gasteiger partial charge in [0.05, 0.1) is 5.69 Å². The van der Waals surface area contributed by atoms with Crippen molar-refractivity contribution in [2.45, 2.75) is 25.8 Å². The van der Waals surface area contributed by atoms with Crippen molar-refractivity contribution in [2.24, 2.45) is 7.05 Å². The molecule has 1 fully saturated rings. The van der Waals surface area contributed by atoms with Crippen LogP contribution < -0.4 is 10.6 Å². The molecule has 0 spiro atoms. The van der Waals surface area contributed by atoms with Crippen LogP contribution in [0, 0.1) is 0 Å². The van der Waals surface area contributed by atoms with Crippen LogP contribution in [0.1, 0.15) is 52.1 Å². The van der Waals surface area contributed by atoms with E-state index in [-0.39, 0.29) is 23.6 Å². The standard InChI is InChI=1S/C20H22N8O2/c1-3-21-19(29)13-4-8-15(9-5-13)28-16(10-11-17-22-12-27(2)25-17)18(24-26-28)20(30)23-14-6-7-14/h4-5,8-12,14H,3,6-7H2,1-2H3,(H,21,29)(H,23,30). The van der Waals surface area contributed by atoms with Gasteiger partial charge in [0.1, 0.15) is 12.0 Å². The van der Waals surface area contributed by atoms with Crippen LogP contribution in [0.25, 0.3) is 17.8 Å². The molecule has 2 heterocycles. The molecule has 154 valence electrons. The van der Waals surface area contributed by atoms with E-state index in [0.29, 0.717) is 29.3 Å². The number of hydrogen-bond donors (Lipinski definition) is 2. The first-order valence-corrected chi connectivity index (χ1v) is 9.74. The minimum atomic E-state index is -0.267. The number of benzene rings is 1. The fourth-order valence-electron chi connectivity index (χ4n) is 2.88. The van der Waals surface area contributed by atoms with Gasteiger partial charge in [-0.1, -0.05) is 5.21 Å². The number of aryl methyl sites for hydroxylation is 1. The fraction of sp³-hybridized carbons (Fsp3) is 0.300. The Morgan fingerprint density at radius 3 is 2.57 bits per heavy atom. The summed E-state index contributed by atoms with van der Waals surface area (Å²) in [5, 5.41) is 18.2. The van der Waals surface area contributed by atoms with Gasteiger partial charge in [0.2, 0.25) is 0 Å². The molecule has 0 aliphatic heterocycles. The summed E-state index contributed by atoms with van der Waals surface area (Å²) < 4.78 is 3.15. The zero-order valence-corrected chi connectivity index (χ0v) is 16.7. The molecule has 2 amide bonds. The Labute approximate surface area is 173 Å². The predicted molar refractivity (Wildman–Crippen MR) is 110 cm³/mol. The van der Waals surface area contributed by atoms with E-state index in [1.54, 1.807) is 59.2 Å². The number of rotatable bonds is 7. The lowest BCUT2D eigenvalue weighted by molar-refractivity contribution is 0.0941. The van der Waals surface area contributed by atoms with E-state index < -0.39 is 0 Å². The van der Waals surface area contributed by atoms with E-state index in [2.05, 4.69) is 31.0 Å².